The van der Waals surface area contributed by atoms with E-state index in [1.54, 1.807) is 0 Å². The standard InChI is InChI=1S/C18H22N4O3/c1-19-8-9-22-13-7-5-4-6-12(13)10-18(14(22)11-19)15(23)20(2)17(25)21(3)16(18)24/h4-7,14H,8-11H2,1-3H3/p+1/t14-/m0/s1. The number of fused-ring (bicyclic) bond motifs is 4. The number of benzene rings is 1. The number of amides is 4. The molecule has 0 aliphatic carbocycles. The van der Waals surface area contributed by atoms with Gasteiger partial charge in [-0.15, -0.1) is 0 Å². The zero-order chi connectivity index (χ0) is 17.9. The summed E-state index contributed by atoms with van der Waals surface area (Å²) in [5, 5.41) is 0. The van der Waals surface area contributed by atoms with Gasteiger partial charge in [-0.3, -0.25) is 19.4 Å². The number of carbonyl (C=O) groups is 3. The number of hydrogen-bond acceptors (Lipinski definition) is 4. The highest BCUT2D eigenvalue weighted by atomic mass is 16.2. The van der Waals surface area contributed by atoms with E-state index in [4.69, 9.17) is 0 Å². The van der Waals surface area contributed by atoms with Gasteiger partial charge in [0.25, 0.3) is 0 Å². The number of hydrogen-bond donors (Lipinski definition) is 1. The average molecular weight is 343 g/mol. The second kappa shape index (κ2) is 5.29. The molecule has 0 bridgehead atoms. The molecule has 1 aromatic carbocycles. The summed E-state index contributed by atoms with van der Waals surface area (Å²) >= 11 is 0. The van der Waals surface area contributed by atoms with Gasteiger partial charge in [-0.1, -0.05) is 18.2 Å². The molecule has 4 amide bonds. The maximum Gasteiger partial charge on any atom is 0.332 e. The number of para-hydroxylation sites is 1. The van der Waals surface area contributed by atoms with Crippen LogP contribution in [0, 0.1) is 5.41 Å². The van der Waals surface area contributed by atoms with Crippen LogP contribution in [0.3, 0.4) is 0 Å². The summed E-state index contributed by atoms with van der Waals surface area (Å²) in [5.41, 5.74) is 0.873. The third kappa shape index (κ3) is 1.99. The van der Waals surface area contributed by atoms with Crippen LogP contribution in [0.15, 0.2) is 24.3 Å². The molecule has 0 saturated carbocycles. The van der Waals surface area contributed by atoms with Crippen LogP contribution in [0.2, 0.25) is 0 Å². The van der Waals surface area contributed by atoms with Crippen molar-refractivity contribution in [3.05, 3.63) is 29.8 Å². The van der Waals surface area contributed by atoms with Crippen LogP contribution in [0.4, 0.5) is 10.5 Å². The van der Waals surface area contributed by atoms with Gasteiger partial charge in [0, 0.05) is 26.2 Å². The molecular weight excluding hydrogens is 320 g/mol. The number of imide groups is 2. The number of nitrogens with zero attached hydrogens (tertiary/aromatic N) is 3. The van der Waals surface area contributed by atoms with Gasteiger partial charge in [0.2, 0.25) is 11.8 Å². The summed E-state index contributed by atoms with van der Waals surface area (Å²) in [7, 11) is 5.03. The van der Waals surface area contributed by atoms with Gasteiger partial charge in [-0.25, -0.2) is 4.79 Å². The molecular formula is C18H23N4O3+. The van der Waals surface area contributed by atoms with Gasteiger partial charge in [0.15, 0.2) is 5.41 Å². The number of nitrogens with one attached hydrogen (secondary N) is 1. The minimum atomic E-state index is -1.23. The Kier molecular flexibility index (Phi) is 3.40. The maximum atomic E-state index is 13.3. The highest BCUT2D eigenvalue weighted by Crippen LogP contribution is 2.45. The zero-order valence-corrected chi connectivity index (χ0v) is 14.8. The number of barbiturate groups is 1. The SMILES string of the molecule is CN1C(=O)N(C)C(=O)C2(Cc3ccccc3N3CC[NH+](C)C[C@H]32)C1=O. The summed E-state index contributed by atoms with van der Waals surface area (Å²) in [6, 6.07) is 7.18. The molecule has 25 heavy (non-hydrogen) atoms. The molecule has 1 aromatic rings. The smallest absolute Gasteiger partial charge is 0.332 e. The van der Waals surface area contributed by atoms with E-state index in [1.165, 1.54) is 19.0 Å². The lowest BCUT2D eigenvalue weighted by molar-refractivity contribution is -0.883. The molecule has 3 aliphatic heterocycles. The Morgan fingerprint density at radius 3 is 2.40 bits per heavy atom. The van der Waals surface area contributed by atoms with Crippen molar-refractivity contribution in [1.29, 1.82) is 0 Å². The van der Waals surface area contributed by atoms with Crippen molar-refractivity contribution in [2.24, 2.45) is 5.41 Å². The van der Waals surface area contributed by atoms with E-state index in [9.17, 15) is 14.4 Å². The Balaban J connectivity index is 1.92. The van der Waals surface area contributed by atoms with E-state index in [0.717, 1.165) is 34.1 Å². The van der Waals surface area contributed by atoms with E-state index >= 15 is 0 Å². The van der Waals surface area contributed by atoms with E-state index in [1.807, 2.05) is 18.2 Å². The van der Waals surface area contributed by atoms with E-state index in [-0.39, 0.29) is 17.9 Å². The molecule has 1 spiro atoms. The highest BCUT2D eigenvalue weighted by Gasteiger charge is 2.64. The lowest BCUT2D eigenvalue weighted by atomic mass is 9.67. The average Bonchev–Trinajstić information content (AvgIpc) is 2.63. The molecule has 1 N–H and O–H groups in total. The topological polar surface area (TPSA) is 65.4 Å². The van der Waals surface area contributed by atoms with E-state index in [0.29, 0.717) is 13.0 Å². The lowest BCUT2D eigenvalue weighted by Crippen LogP contribution is -3.14. The van der Waals surface area contributed by atoms with Gasteiger partial charge in [0.05, 0.1) is 26.7 Å². The molecule has 2 saturated heterocycles. The first-order chi connectivity index (χ1) is 11.9. The molecule has 7 heteroatoms. The maximum absolute atomic E-state index is 13.3. The minimum Gasteiger partial charge on any atom is -0.355 e. The molecule has 0 aromatic heterocycles. The number of quaternary nitrogens is 1. The molecule has 2 atom stereocenters. The Hall–Kier alpha value is -2.41. The summed E-state index contributed by atoms with van der Waals surface area (Å²) in [6.45, 7) is 2.44. The fourth-order valence-electron chi connectivity index (χ4n) is 4.62. The summed E-state index contributed by atoms with van der Waals surface area (Å²) in [5.74, 6) is -0.750. The second-order valence-electron chi connectivity index (χ2n) is 7.41. The monoisotopic (exact) mass is 343 g/mol. The van der Waals surface area contributed by atoms with Crippen molar-refractivity contribution in [3.63, 3.8) is 0 Å². The number of rotatable bonds is 0. The zero-order valence-electron chi connectivity index (χ0n) is 14.8. The van der Waals surface area contributed by atoms with Crippen LogP contribution in [0.25, 0.3) is 0 Å². The molecule has 0 radical (unpaired) electrons. The van der Waals surface area contributed by atoms with Crippen LogP contribution in [0.5, 0.6) is 0 Å². The number of carbonyl (C=O) groups excluding carboxylic acids is 3. The second-order valence-corrected chi connectivity index (χ2v) is 7.41. The normalized spacial score (nSPS) is 28.3. The molecule has 1 unspecified atom stereocenters. The molecule has 132 valence electrons. The third-order valence-corrected chi connectivity index (χ3v) is 5.98. The fourth-order valence-corrected chi connectivity index (χ4v) is 4.62. The van der Waals surface area contributed by atoms with Crippen molar-refractivity contribution >= 4 is 23.5 Å². The van der Waals surface area contributed by atoms with Crippen molar-refractivity contribution in [2.45, 2.75) is 12.5 Å². The van der Waals surface area contributed by atoms with Crippen LogP contribution in [0.1, 0.15) is 5.56 Å². The Morgan fingerprint density at radius 1 is 1.08 bits per heavy atom. The fraction of sp³-hybridized carbons (Fsp3) is 0.500. The predicted molar refractivity (Wildman–Crippen MR) is 91.3 cm³/mol. The molecule has 7 nitrogen and oxygen atoms in total. The van der Waals surface area contributed by atoms with Crippen LogP contribution in [-0.4, -0.2) is 74.5 Å². The summed E-state index contributed by atoms with van der Waals surface area (Å²) in [6.07, 6.45) is 0.344. The van der Waals surface area contributed by atoms with Gasteiger partial charge in [-0.05, 0) is 11.6 Å². The highest BCUT2D eigenvalue weighted by molar-refractivity contribution is 6.20. The van der Waals surface area contributed by atoms with Gasteiger partial charge < -0.3 is 9.80 Å². The van der Waals surface area contributed by atoms with Crippen LogP contribution >= 0.6 is 0 Å². The van der Waals surface area contributed by atoms with Gasteiger partial charge in [-0.2, -0.15) is 0 Å². The molecule has 2 fully saturated rings. The minimum absolute atomic E-state index is 0.242. The van der Waals surface area contributed by atoms with Gasteiger partial charge in [0.1, 0.15) is 6.04 Å². The van der Waals surface area contributed by atoms with Crippen molar-refractivity contribution in [1.82, 2.24) is 9.80 Å². The Labute approximate surface area is 146 Å². The first-order valence-corrected chi connectivity index (χ1v) is 8.64. The van der Waals surface area contributed by atoms with Crippen molar-refractivity contribution < 1.29 is 19.3 Å². The Bertz CT molecular complexity index is 753. The lowest BCUT2D eigenvalue weighted by Gasteiger charge is -2.54. The summed E-state index contributed by atoms with van der Waals surface area (Å²) in [4.78, 5) is 44.5. The van der Waals surface area contributed by atoms with Crippen molar-refractivity contribution in [3.8, 4) is 0 Å². The molecule has 3 heterocycles. The number of urea groups is 1. The van der Waals surface area contributed by atoms with Crippen LogP contribution in [-0.2, 0) is 16.0 Å². The number of piperazine rings is 1. The Morgan fingerprint density at radius 2 is 1.72 bits per heavy atom. The van der Waals surface area contributed by atoms with E-state index < -0.39 is 11.4 Å². The quantitative estimate of drug-likeness (QED) is 0.613. The molecule has 4 rings (SSSR count). The van der Waals surface area contributed by atoms with Gasteiger partial charge >= 0.3 is 6.03 Å². The largest absolute Gasteiger partial charge is 0.355 e. The first-order valence-electron chi connectivity index (χ1n) is 8.64. The number of anilines is 1. The first kappa shape index (κ1) is 16.1. The third-order valence-electron chi connectivity index (χ3n) is 5.98. The van der Waals surface area contributed by atoms with Crippen LogP contribution < -0.4 is 9.80 Å². The van der Waals surface area contributed by atoms with E-state index in [2.05, 4.69) is 18.0 Å². The number of likely N-dealkylation sites (N-methyl/N-ethyl adjacent to an activating group) is 1. The predicted octanol–water partition coefficient (Wildman–Crippen LogP) is -1.02. The molecule has 3 aliphatic rings. The van der Waals surface area contributed by atoms with Crippen molar-refractivity contribution in [2.75, 3.05) is 45.7 Å². The summed E-state index contributed by atoms with van der Waals surface area (Å²) < 4.78 is 0.